The topological polar surface area (TPSA) is 56.5 Å². The summed E-state index contributed by atoms with van der Waals surface area (Å²) in [7, 11) is 1.39. The minimum Gasteiger partial charge on any atom is -0.400 e. The van der Waals surface area contributed by atoms with Crippen molar-refractivity contribution in [1.29, 1.82) is 0 Å². The fourth-order valence-corrected chi connectivity index (χ4v) is 2.25. The number of nitrogens with two attached hydrogens (primary N) is 1. The minimum atomic E-state index is -0.460. The van der Waals surface area contributed by atoms with Crippen LogP contribution >= 0.6 is 0 Å². The Kier molecular flexibility index (Phi) is 4.66. The van der Waals surface area contributed by atoms with Crippen LogP contribution in [0.5, 0.6) is 0 Å². The van der Waals surface area contributed by atoms with Gasteiger partial charge in [-0.2, -0.15) is 0 Å². The van der Waals surface area contributed by atoms with Gasteiger partial charge in [-0.05, 0) is 57.9 Å². The molecule has 3 N–H and O–H groups in total. The number of benzene rings is 1. The molecular formula is C16H24BFN2O2. The normalized spacial score (nSPS) is 20.5. The highest BCUT2D eigenvalue weighted by molar-refractivity contribution is 6.55. The quantitative estimate of drug-likeness (QED) is 0.663. The highest BCUT2D eigenvalue weighted by Gasteiger charge is 2.52. The largest absolute Gasteiger partial charge is 0.491 e. The maximum Gasteiger partial charge on any atom is 0.491 e. The van der Waals surface area contributed by atoms with Crippen molar-refractivity contribution in [1.82, 2.24) is 5.32 Å². The molecule has 1 aliphatic rings. The van der Waals surface area contributed by atoms with Crippen molar-refractivity contribution in [2.75, 3.05) is 19.3 Å². The van der Waals surface area contributed by atoms with Crippen LogP contribution in [0, 0.1) is 5.82 Å². The van der Waals surface area contributed by atoms with E-state index in [9.17, 15) is 4.39 Å². The molecule has 120 valence electrons. The molecule has 0 unspecified atom stereocenters. The summed E-state index contributed by atoms with van der Waals surface area (Å²) in [5.41, 5.74) is 6.48. The molecule has 0 aliphatic carbocycles. The number of nitrogen functional groups attached to an aromatic ring is 1. The van der Waals surface area contributed by atoms with Gasteiger partial charge in [0.05, 0.1) is 16.9 Å². The molecule has 0 atom stereocenters. The smallest absolute Gasteiger partial charge is 0.400 e. The van der Waals surface area contributed by atoms with Gasteiger partial charge in [0, 0.05) is 6.54 Å². The number of anilines is 1. The van der Waals surface area contributed by atoms with Gasteiger partial charge in [-0.15, -0.1) is 0 Å². The van der Waals surface area contributed by atoms with Gasteiger partial charge in [-0.1, -0.05) is 12.1 Å². The zero-order chi connectivity index (χ0) is 16.5. The van der Waals surface area contributed by atoms with Gasteiger partial charge in [0.15, 0.2) is 0 Å². The van der Waals surface area contributed by atoms with E-state index < -0.39 is 24.1 Å². The van der Waals surface area contributed by atoms with E-state index in [1.54, 1.807) is 12.1 Å². The SMILES string of the molecule is CNCC(=Cc1ccc(N)c(F)c1)B1OC(C)(C)C(C)(C)O1. The van der Waals surface area contributed by atoms with Crippen molar-refractivity contribution in [2.45, 2.75) is 38.9 Å². The summed E-state index contributed by atoms with van der Waals surface area (Å²) in [5, 5.41) is 3.10. The molecule has 1 heterocycles. The molecule has 0 saturated carbocycles. The summed E-state index contributed by atoms with van der Waals surface area (Å²) >= 11 is 0. The van der Waals surface area contributed by atoms with Crippen molar-refractivity contribution in [3.8, 4) is 0 Å². The summed E-state index contributed by atoms with van der Waals surface area (Å²) in [6.07, 6.45) is 1.88. The number of nitrogens with one attached hydrogen (secondary N) is 1. The van der Waals surface area contributed by atoms with Gasteiger partial charge in [0.1, 0.15) is 5.82 Å². The van der Waals surface area contributed by atoms with Gasteiger partial charge >= 0.3 is 7.12 Å². The molecule has 1 saturated heterocycles. The average molecular weight is 306 g/mol. The van der Waals surface area contributed by atoms with Crippen LogP contribution in [0.4, 0.5) is 10.1 Å². The first-order valence-electron chi connectivity index (χ1n) is 7.42. The van der Waals surface area contributed by atoms with E-state index in [2.05, 4.69) is 5.32 Å². The van der Waals surface area contributed by atoms with E-state index >= 15 is 0 Å². The number of halogens is 1. The fraction of sp³-hybridized carbons (Fsp3) is 0.500. The van der Waals surface area contributed by atoms with Crippen molar-refractivity contribution in [3.05, 3.63) is 35.1 Å². The Bertz CT molecular complexity index is 572. The van der Waals surface area contributed by atoms with Gasteiger partial charge in [-0.3, -0.25) is 0 Å². The van der Waals surface area contributed by atoms with E-state index in [4.69, 9.17) is 15.0 Å². The molecule has 0 radical (unpaired) electrons. The van der Waals surface area contributed by atoms with Crippen LogP contribution in [-0.4, -0.2) is 31.9 Å². The molecule has 1 fully saturated rings. The third-order valence-corrected chi connectivity index (χ3v) is 4.31. The van der Waals surface area contributed by atoms with Crippen molar-refractivity contribution in [2.24, 2.45) is 0 Å². The lowest BCUT2D eigenvalue weighted by Gasteiger charge is -2.32. The van der Waals surface area contributed by atoms with E-state index in [-0.39, 0.29) is 5.69 Å². The van der Waals surface area contributed by atoms with E-state index in [1.807, 2.05) is 40.8 Å². The molecule has 1 aliphatic heterocycles. The number of hydrogen-bond acceptors (Lipinski definition) is 4. The van der Waals surface area contributed by atoms with Crippen LogP contribution in [0.1, 0.15) is 33.3 Å². The third kappa shape index (κ3) is 3.34. The molecule has 4 nitrogen and oxygen atoms in total. The Morgan fingerprint density at radius 1 is 1.27 bits per heavy atom. The summed E-state index contributed by atoms with van der Waals surface area (Å²) in [6.45, 7) is 8.61. The maximum absolute atomic E-state index is 13.6. The van der Waals surface area contributed by atoms with Crippen molar-refractivity contribution in [3.63, 3.8) is 0 Å². The standard InChI is InChI=1S/C16H24BFN2O2/c1-15(2)16(3,4)22-17(21-15)12(10-20-5)8-11-6-7-14(19)13(18)9-11/h6-9,20H,10,19H2,1-5H3. The Hall–Kier alpha value is -1.37. The maximum atomic E-state index is 13.6. The fourth-order valence-electron chi connectivity index (χ4n) is 2.25. The van der Waals surface area contributed by atoms with Gasteiger partial charge < -0.3 is 20.4 Å². The summed E-state index contributed by atoms with van der Waals surface area (Å²) in [4.78, 5) is 0. The monoisotopic (exact) mass is 306 g/mol. The van der Waals surface area contributed by atoms with Crippen LogP contribution in [0.15, 0.2) is 23.7 Å². The highest BCUT2D eigenvalue weighted by atomic mass is 19.1. The zero-order valence-electron chi connectivity index (χ0n) is 13.9. The summed E-state index contributed by atoms with van der Waals surface area (Å²) in [5.74, 6) is -0.425. The van der Waals surface area contributed by atoms with Crippen LogP contribution < -0.4 is 11.1 Å². The summed E-state index contributed by atoms with van der Waals surface area (Å²) < 4.78 is 25.7. The lowest BCUT2D eigenvalue weighted by Crippen LogP contribution is -2.41. The molecule has 22 heavy (non-hydrogen) atoms. The minimum absolute atomic E-state index is 0.142. The Morgan fingerprint density at radius 2 is 1.86 bits per heavy atom. The van der Waals surface area contributed by atoms with Crippen LogP contribution in [0.2, 0.25) is 0 Å². The molecule has 0 bridgehead atoms. The Morgan fingerprint density at radius 3 is 2.36 bits per heavy atom. The Labute approximate surface area is 132 Å². The second-order valence-corrected chi connectivity index (χ2v) is 6.62. The van der Waals surface area contributed by atoms with Gasteiger partial charge in [0.2, 0.25) is 0 Å². The van der Waals surface area contributed by atoms with Crippen LogP contribution in [0.25, 0.3) is 6.08 Å². The zero-order valence-corrected chi connectivity index (χ0v) is 13.9. The second kappa shape index (κ2) is 6.03. The molecule has 0 amide bonds. The summed E-state index contributed by atoms with van der Waals surface area (Å²) in [6, 6.07) is 4.75. The number of hydrogen-bond donors (Lipinski definition) is 2. The van der Waals surface area contributed by atoms with Gasteiger partial charge in [0.25, 0.3) is 0 Å². The molecule has 2 rings (SSSR count). The van der Waals surface area contributed by atoms with Crippen molar-refractivity contribution < 1.29 is 13.7 Å². The Balaban J connectivity index is 2.31. The number of rotatable bonds is 4. The van der Waals surface area contributed by atoms with E-state index in [0.29, 0.717) is 6.54 Å². The molecule has 1 aromatic rings. The lowest BCUT2D eigenvalue weighted by molar-refractivity contribution is 0.00578. The highest BCUT2D eigenvalue weighted by Crippen LogP contribution is 2.38. The third-order valence-electron chi connectivity index (χ3n) is 4.31. The van der Waals surface area contributed by atoms with E-state index in [0.717, 1.165) is 11.0 Å². The first-order valence-corrected chi connectivity index (χ1v) is 7.42. The molecule has 0 aromatic heterocycles. The molecule has 6 heteroatoms. The first kappa shape index (κ1) is 17.0. The van der Waals surface area contributed by atoms with Gasteiger partial charge in [-0.25, -0.2) is 4.39 Å². The molecular weight excluding hydrogens is 282 g/mol. The lowest BCUT2D eigenvalue weighted by atomic mass is 9.77. The number of likely N-dealkylation sites (N-methyl/N-ethyl adjacent to an activating group) is 1. The first-order chi connectivity index (χ1) is 10.2. The molecule has 1 aromatic carbocycles. The van der Waals surface area contributed by atoms with Crippen LogP contribution in [-0.2, 0) is 9.31 Å². The second-order valence-electron chi connectivity index (χ2n) is 6.62. The molecule has 0 spiro atoms. The predicted molar refractivity (Wildman–Crippen MR) is 88.8 cm³/mol. The average Bonchev–Trinajstić information content (AvgIpc) is 2.62. The van der Waals surface area contributed by atoms with Crippen LogP contribution in [0.3, 0.4) is 0 Å². The van der Waals surface area contributed by atoms with Crippen molar-refractivity contribution >= 4 is 18.9 Å². The predicted octanol–water partition coefficient (Wildman–Crippen LogP) is 2.64. The van der Waals surface area contributed by atoms with E-state index in [1.165, 1.54) is 6.07 Å².